The molecule has 0 aliphatic carbocycles. The molecule has 1 fully saturated rings. The minimum Gasteiger partial charge on any atom is -0.326 e. The summed E-state index contributed by atoms with van der Waals surface area (Å²) < 4.78 is 0. The zero-order chi connectivity index (χ0) is 17.8. The summed E-state index contributed by atoms with van der Waals surface area (Å²) in [5, 5.41) is 3.09. The maximum atomic E-state index is 12.5. The monoisotopic (exact) mass is 336 g/mol. The number of nitrogens with zero attached hydrogens (tertiary/aromatic N) is 1. The summed E-state index contributed by atoms with van der Waals surface area (Å²) in [6, 6.07) is 14.8. The molecule has 0 saturated carbocycles. The summed E-state index contributed by atoms with van der Waals surface area (Å²) in [6.45, 7) is 9.23. The van der Waals surface area contributed by atoms with E-state index in [4.69, 9.17) is 0 Å². The molecule has 0 atom stereocenters. The second-order valence-corrected chi connectivity index (χ2v) is 7.32. The molecule has 2 aromatic carbocycles. The molecule has 1 aliphatic rings. The molecule has 1 heterocycles. The van der Waals surface area contributed by atoms with E-state index >= 15 is 0 Å². The van der Waals surface area contributed by atoms with Gasteiger partial charge in [-0.3, -0.25) is 9.69 Å². The largest absolute Gasteiger partial charge is 0.326 e. The van der Waals surface area contributed by atoms with Gasteiger partial charge in [0.05, 0.1) is 0 Å². The molecule has 2 aromatic rings. The quantitative estimate of drug-likeness (QED) is 0.894. The Balaban J connectivity index is 1.50. The molecule has 25 heavy (non-hydrogen) atoms. The first-order chi connectivity index (χ1) is 12.0. The van der Waals surface area contributed by atoms with Gasteiger partial charge in [0.25, 0.3) is 0 Å². The van der Waals surface area contributed by atoms with Crippen LogP contribution in [0, 0.1) is 26.7 Å². The highest BCUT2D eigenvalue weighted by Gasteiger charge is 2.25. The van der Waals surface area contributed by atoms with Crippen molar-refractivity contribution in [2.45, 2.75) is 40.2 Å². The highest BCUT2D eigenvalue weighted by atomic mass is 16.1. The Morgan fingerprint density at radius 1 is 1.00 bits per heavy atom. The third kappa shape index (κ3) is 4.70. The molecule has 3 rings (SSSR count). The number of amides is 1. The number of piperidine rings is 1. The lowest BCUT2D eigenvalue weighted by Gasteiger charge is -2.31. The molecule has 0 unspecified atom stereocenters. The normalized spacial score (nSPS) is 16.0. The number of carbonyl (C=O) groups excluding carboxylic acids is 1. The first-order valence-electron chi connectivity index (χ1n) is 9.17. The third-order valence-electron chi connectivity index (χ3n) is 5.26. The maximum absolute atomic E-state index is 12.5. The Morgan fingerprint density at radius 3 is 2.32 bits per heavy atom. The minimum absolute atomic E-state index is 0.121. The van der Waals surface area contributed by atoms with Crippen LogP contribution in [0.5, 0.6) is 0 Å². The fourth-order valence-electron chi connectivity index (χ4n) is 3.37. The predicted octanol–water partition coefficient (Wildman–Crippen LogP) is 4.46. The Hall–Kier alpha value is -2.13. The van der Waals surface area contributed by atoms with Crippen LogP contribution in [0.1, 0.15) is 35.1 Å². The maximum Gasteiger partial charge on any atom is 0.227 e. The third-order valence-corrected chi connectivity index (χ3v) is 5.26. The summed E-state index contributed by atoms with van der Waals surface area (Å²) >= 11 is 0. The smallest absolute Gasteiger partial charge is 0.227 e. The second-order valence-electron chi connectivity index (χ2n) is 7.32. The van der Waals surface area contributed by atoms with E-state index in [0.717, 1.165) is 38.2 Å². The highest BCUT2D eigenvalue weighted by Crippen LogP contribution is 2.22. The van der Waals surface area contributed by atoms with Crippen LogP contribution < -0.4 is 5.32 Å². The zero-order valence-electron chi connectivity index (χ0n) is 15.5. The average molecular weight is 336 g/mol. The highest BCUT2D eigenvalue weighted by molar-refractivity contribution is 5.92. The summed E-state index contributed by atoms with van der Waals surface area (Å²) in [6.07, 6.45) is 1.87. The predicted molar refractivity (Wildman–Crippen MR) is 104 cm³/mol. The van der Waals surface area contributed by atoms with Crippen molar-refractivity contribution in [3.63, 3.8) is 0 Å². The number of hydrogen-bond donors (Lipinski definition) is 1. The van der Waals surface area contributed by atoms with Gasteiger partial charge in [-0.2, -0.15) is 0 Å². The number of aryl methyl sites for hydroxylation is 3. The Labute approximate surface area is 151 Å². The van der Waals surface area contributed by atoms with Crippen molar-refractivity contribution < 1.29 is 4.79 Å². The molecular formula is C22H28N2O. The number of nitrogens with one attached hydrogen (secondary N) is 1. The van der Waals surface area contributed by atoms with Crippen molar-refractivity contribution in [2.75, 3.05) is 18.4 Å². The van der Waals surface area contributed by atoms with Gasteiger partial charge < -0.3 is 5.32 Å². The van der Waals surface area contributed by atoms with Crippen molar-refractivity contribution in [2.24, 2.45) is 5.92 Å². The Morgan fingerprint density at radius 2 is 1.68 bits per heavy atom. The standard InChI is InChI=1S/C22H28N2O/c1-16-4-7-19(8-5-16)15-24-12-10-20(11-13-24)22(25)23-21-9-6-17(2)18(3)14-21/h4-9,14,20H,10-13,15H2,1-3H3,(H,23,25). The van der Waals surface area contributed by atoms with E-state index < -0.39 is 0 Å². The molecule has 1 aliphatic heterocycles. The molecule has 132 valence electrons. The molecular weight excluding hydrogens is 308 g/mol. The molecule has 0 aromatic heterocycles. The van der Waals surface area contributed by atoms with E-state index in [2.05, 4.69) is 67.4 Å². The molecule has 1 saturated heterocycles. The molecule has 3 heteroatoms. The minimum atomic E-state index is 0.121. The Bertz CT molecular complexity index is 728. The van der Waals surface area contributed by atoms with Crippen molar-refractivity contribution >= 4 is 11.6 Å². The summed E-state index contributed by atoms with van der Waals surface area (Å²) in [4.78, 5) is 15.0. The van der Waals surface area contributed by atoms with Gasteiger partial charge in [0.2, 0.25) is 5.91 Å². The average Bonchev–Trinajstić information content (AvgIpc) is 2.61. The SMILES string of the molecule is Cc1ccc(CN2CCC(C(=O)Nc3ccc(C)c(C)c3)CC2)cc1. The second kappa shape index (κ2) is 7.83. The first kappa shape index (κ1) is 17.7. The van der Waals surface area contributed by atoms with Crippen LogP contribution in [-0.4, -0.2) is 23.9 Å². The fraction of sp³-hybridized carbons (Fsp3) is 0.409. The number of benzene rings is 2. The van der Waals surface area contributed by atoms with E-state index in [1.54, 1.807) is 0 Å². The van der Waals surface area contributed by atoms with Crippen LogP contribution in [0.15, 0.2) is 42.5 Å². The van der Waals surface area contributed by atoms with Gasteiger partial charge in [-0.25, -0.2) is 0 Å². The van der Waals surface area contributed by atoms with Gasteiger partial charge >= 0.3 is 0 Å². The summed E-state index contributed by atoms with van der Waals surface area (Å²) in [7, 11) is 0. The van der Waals surface area contributed by atoms with Crippen molar-refractivity contribution in [3.8, 4) is 0 Å². The number of hydrogen-bond acceptors (Lipinski definition) is 2. The molecule has 0 radical (unpaired) electrons. The molecule has 1 amide bonds. The molecule has 3 nitrogen and oxygen atoms in total. The lowest BCUT2D eigenvalue weighted by Crippen LogP contribution is -2.37. The van der Waals surface area contributed by atoms with Gasteiger partial charge in [0.1, 0.15) is 0 Å². The van der Waals surface area contributed by atoms with Gasteiger partial charge in [0.15, 0.2) is 0 Å². The lowest BCUT2D eigenvalue weighted by atomic mass is 9.95. The van der Waals surface area contributed by atoms with Crippen molar-refractivity contribution in [1.29, 1.82) is 0 Å². The number of likely N-dealkylation sites (tertiary alicyclic amines) is 1. The van der Waals surface area contributed by atoms with E-state index in [-0.39, 0.29) is 11.8 Å². The molecule has 0 spiro atoms. The Kier molecular flexibility index (Phi) is 5.54. The summed E-state index contributed by atoms with van der Waals surface area (Å²) in [5.41, 5.74) is 6.03. The van der Waals surface area contributed by atoms with Crippen LogP contribution in [0.3, 0.4) is 0 Å². The van der Waals surface area contributed by atoms with Gasteiger partial charge in [0, 0.05) is 18.2 Å². The van der Waals surface area contributed by atoms with Crippen LogP contribution in [0.2, 0.25) is 0 Å². The van der Waals surface area contributed by atoms with Gasteiger partial charge in [-0.15, -0.1) is 0 Å². The van der Waals surface area contributed by atoms with E-state index in [9.17, 15) is 4.79 Å². The van der Waals surface area contributed by atoms with E-state index in [0.29, 0.717) is 0 Å². The van der Waals surface area contributed by atoms with E-state index in [1.807, 2.05) is 6.07 Å². The van der Waals surface area contributed by atoms with Crippen LogP contribution >= 0.6 is 0 Å². The topological polar surface area (TPSA) is 32.3 Å². The molecule has 0 bridgehead atoms. The van der Waals surface area contributed by atoms with Gasteiger partial charge in [-0.05, 0) is 75.5 Å². The zero-order valence-corrected chi connectivity index (χ0v) is 15.5. The molecule has 1 N–H and O–H groups in total. The van der Waals surface area contributed by atoms with Crippen LogP contribution in [0.25, 0.3) is 0 Å². The van der Waals surface area contributed by atoms with Crippen molar-refractivity contribution in [3.05, 3.63) is 64.7 Å². The van der Waals surface area contributed by atoms with E-state index in [1.165, 1.54) is 22.3 Å². The van der Waals surface area contributed by atoms with Gasteiger partial charge in [-0.1, -0.05) is 35.9 Å². The first-order valence-corrected chi connectivity index (χ1v) is 9.17. The summed E-state index contributed by atoms with van der Waals surface area (Å²) in [5.74, 6) is 0.286. The number of rotatable bonds is 4. The lowest BCUT2D eigenvalue weighted by molar-refractivity contribution is -0.121. The van der Waals surface area contributed by atoms with Crippen molar-refractivity contribution in [1.82, 2.24) is 4.90 Å². The van der Waals surface area contributed by atoms with Crippen LogP contribution in [0.4, 0.5) is 5.69 Å². The van der Waals surface area contributed by atoms with Crippen LogP contribution in [-0.2, 0) is 11.3 Å². The fourth-order valence-corrected chi connectivity index (χ4v) is 3.37. The number of carbonyl (C=O) groups is 1. The number of anilines is 1.